The number of hydrogen-bond acceptors (Lipinski definition) is 4. The standard InChI is InChI=1S/C25H40O4/c1-17-6-11-22-24(2,3)12-5-13-25(22,4)20(17)9-7-18(15-26)8-10-21(27)19-14-23(28)29-16-19/h8,19,21-22,26-27H,5-7,9-16H2,1-4H3/b18-8-/t19?,21-,22?,25-/m1/s1. The van der Waals surface area contributed by atoms with E-state index in [9.17, 15) is 15.0 Å². The summed E-state index contributed by atoms with van der Waals surface area (Å²) in [6.07, 6.45) is 10.4. The molecular formula is C25H40O4. The van der Waals surface area contributed by atoms with Crippen LogP contribution in [0.15, 0.2) is 22.8 Å². The minimum atomic E-state index is -0.584. The Morgan fingerprint density at radius 3 is 2.72 bits per heavy atom. The zero-order chi connectivity index (χ0) is 21.2. The molecule has 0 bridgehead atoms. The van der Waals surface area contributed by atoms with Gasteiger partial charge in [-0.3, -0.25) is 4.79 Å². The van der Waals surface area contributed by atoms with Gasteiger partial charge in [-0.2, -0.15) is 0 Å². The highest BCUT2D eigenvalue weighted by atomic mass is 16.5. The molecule has 0 radical (unpaired) electrons. The molecule has 4 nitrogen and oxygen atoms in total. The van der Waals surface area contributed by atoms with Crippen LogP contribution in [-0.4, -0.2) is 35.5 Å². The second-order valence-electron chi connectivity index (χ2n) is 10.6. The summed E-state index contributed by atoms with van der Waals surface area (Å²) in [7, 11) is 0. The molecule has 1 saturated heterocycles. The number of allylic oxidation sites excluding steroid dienone is 2. The molecule has 1 heterocycles. The van der Waals surface area contributed by atoms with Crippen LogP contribution in [0.2, 0.25) is 0 Å². The first-order valence-corrected chi connectivity index (χ1v) is 11.5. The maximum atomic E-state index is 11.3. The molecule has 0 spiro atoms. The average molecular weight is 405 g/mol. The maximum absolute atomic E-state index is 11.3. The van der Waals surface area contributed by atoms with Crippen molar-refractivity contribution in [1.29, 1.82) is 0 Å². The zero-order valence-corrected chi connectivity index (χ0v) is 18.8. The van der Waals surface area contributed by atoms with E-state index in [4.69, 9.17) is 4.74 Å². The molecule has 2 fully saturated rings. The largest absolute Gasteiger partial charge is 0.465 e. The number of carbonyl (C=O) groups is 1. The molecular weight excluding hydrogens is 364 g/mol. The third-order valence-corrected chi connectivity index (χ3v) is 8.22. The molecule has 0 aromatic carbocycles. The molecule has 2 N–H and O–H groups in total. The Morgan fingerprint density at radius 2 is 2.07 bits per heavy atom. The molecule has 4 atom stereocenters. The lowest BCUT2D eigenvalue weighted by atomic mass is 9.50. The fourth-order valence-electron chi connectivity index (χ4n) is 6.48. The van der Waals surface area contributed by atoms with Crippen molar-refractivity contribution in [2.75, 3.05) is 13.2 Å². The van der Waals surface area contributed by atoms with Crippen LogP contribution < -0.4 is 0 Å². The first-order chi connectivity index (χ1) is 13.7. The van der Waals surface area contributed by atoms with Gasteiger partial charge >= 0.3 is 5.97 Å². The first-order valence-electron chi connectivity index (χ1n) is 11.5. The number of aliphatic hydroxyl groups is 2. The van der Waals surface area contributed by atoms with Crippen molar-refractivity contribution in [2.24, 2.45) is 22.7 Å². The second-order valence-corrected chi connectivity index (χ2v) is 10.6. The van der Waals surface area contributed by atoms with Gasteiger partial charge in [-0.1, -0.05) is 44.4 Å². The predicted molar refractivity (Wildman–Crippen MR) is 115 cm³/mol. The number of hydrogen-bond donors (Lipinski definition) is 2. The Labute approximate surface area is 176 Å². The van der Waals surface area contributed by atoms with Crippen molar-refractivity contribution in [2.45, 2.75) is 91.6 Å². The highest BCUT2D eigenvalue weighted by Gasteiger charge is 2.49. The van der Waals surface area contributed by atoms with Crippen LogP contribution in [0.1, 0.15) is 85.5 Å². The summed E-state index contributed by atoms with van der Waals surface area (Å²) >= 11 is 0. The Bertz CT molecular complexity index is 674. The van der Waals surface area contributed by atoms with Gasteiger partial charge < -0.3 is 14.9 Å². The molecule has 29 heavy (non-hydrogen) atoms. The van der Waals surface area contributed by atoms with Crippen molar-refractivity contribution >= 4 is 5.97 Å². The van der Waals surface area contributed by atoms with Gasteiger partial charge in [0.15, 0.2) is 0 Å². The maximum Gasteiger partial charge on any atom is 0.306 e. The van der Waals surface area contributed by atoms with E-state index < -0.39 is 6.10 Å². The number of esters is 1. The fraction of sp³-hybridized carbons (Fsp3) is 0.800. The van der Waals surface area contributed by atoms with E-state index in [1.807, 2.05) is 6.08 Å². The van der Waals surface area contributed by atoms with Crippen molar-refractivity contribution in [3.05, 3.63) is 22.8 Å². The lowest BCUT2D eigenvalue weighted by Crippen LogP contribution is -2.45. The molecule has 0 amide bonds. The minimum Gasteiger partial charge on any atom is -0.465 e. The summed E-state index contributed by atoms with van der Waals surface area (Å²) in [6, 6.07) is 0. The number of fused-ring (bicyclic) bond motifs is 1. The SMILES string of the molecule is CC1=C(CC/C(=C/C[C@@H](O)C2COC(=O)C2)CO)[C@@]2(C)CCCC(C)(C)C2CC1. The van der Waals surface area contributed by atoms with Gasteiger partial charge in [0, 0.05) is 5.92 Å². The van der Waals surface area contributed by atoms with Crippen LogP contribution in [-0.2, 0) is 9.53 Å². The Kier molecular flexibility index (Phi) is 6.95. The second kappa shape index (κ2) is 8.93. The van der Waals surface area contributed by atoms with Gasteiger partial charge in [0.05, 0.1) is 25.7 Å². The highest BCUT2D eigenvalue weighted by molar-refractivity contribution is 5.71. The van der Waals surface area contributed by atoms with Gasteiger partial charge in [-0.15, -0.1) is 0 Å². The monoisotopic (exact) mass is 404 g/mol. The topological polar surface area (TPSA) is 66.8 Å². The third kappa shape index (κ3) is 4.80. The number of carbonyl (C=O) groups excluding carboxylic acids is 1. The number of ether oxygens (including phenoxy) is 1. The van der Waals surface area contributed by atoms with Crippen molar-refractivity contribution in [1.82, 2.24) is 0 Å². The van der Waals surface area contributed by atoms with Gasteiger partial charge in [0.25, 0.3) is 0 Å². The first kappa shape index (κ1) is 22.6. The van der Waals surface area contributed by atoms with Gasteiger partial charge in [0.1, 0.15) is 0 Å². The summed E-state index contributed by atoms with van der Waals surface area (Å²) in [5, 5.41) is 20.2. The van der Waals surface area contributed by atoms with Crippen LogP contribution in [0.5, 0.6) is 0 Å². The summed E-state index contributed by atoms with van der Waals surface area (Å²) in [5.41, 5.74) is 4.86. The molecule has 4 heteroatoms. The smallest absolute Gasteiger partial charge is 0.306 e. The van der Waals surface area contributed by atoms with E-state index >= 15 is 0 Å². The molecule has 3 rings (SSSR count). The van der Waals surface area contributed by atoms with Crippen LogP contribution in [0.25, 0.3) is 0 Å². The molecule has 1 saturated carbocycles. The predicted octanol–water partition coefficient (Wildman–Crippen LogP) is 4.94. The molecule has 2 unspecified atom stereocenters. The third-order valence-electron chi connectivity index (χ3n) is 8.22. The van der Waals surface area contributed by atoms with Crippen LogP contribution in [0, 0.1) is 22.7 Å². The molecule has 2 aliphatic carbocycles. The van der Waals surface area contributed by atoms with Crippen LogP contribution >= 0.6 is 0 Å². The van der Waals surface area contributed by atoms with Crippen molar-refractivity contribution in [3.63, 3.8) is 0 Å². The molecule has 0 aromatic heterocycles. The van der Waals surface area contributed by atoms with Gasteiger partial charge in [-0.05, 0) is 74.2 Å². The number of rotatable bonds is 7. The summed E-state index contributed by atoms with van der Waals surface area (Å²) in [5.74, 6) is 0.398. The van der Waals surface area contributed by atoms with E-state index in [0.29, 0.717) is 24.9 Å². The van der Waals surface area contributed by atoms with Gasteiger partial charge in [0.2, 0.25) is 0 Å². The average Bonchev–Trinajstić information content (AvgIpc) is 3.09. The van der Waals surface area contributed by atoms with Crippen molar-refractivity contribution < 1.29 is 19.7 Å². The summed E-state index contributed by atoms with van der Waals surface area (Å²) in [6.45, 7) is 10.0. The highest BCUT2D eigenvalue weighted by Crippen LogP contribution is 2.60. The summed E-state index contributed by atoms with van der Waals surface area (Å²) in [4.78, 5) is 11.3. The van der Waals surface area contributed by atoms with Crippen molar-refractivity contribution in [3.8, 4) is 0 Å². The minimum absolute atomic E-state index is 0.0325. The van der Waals surface area contributed by atoms with E-state index in [1.54, 1.807) is 11.1 Å². The van der Waals surface area contributed by atoms with E-state index in [1.165, 1.54) is 32.1 Å². The lowest BCUT2D eigenvalue weighted by Gasteiger charge is -2.55. The van der Waals surface area contributed by atoms with E-state index in [2.05, 4.69) is 27.7 Å². The Balaban J connectivity index is 1.65. The normalized spacial score (nSPS) is 33.4. The number of cyclic esters (lactones) is 1. The van der Waals surface area contributed by atoms with E-state index in [0.717, 1.165) is 24.3 Å². The van der Waals surface area contributed by atoms with Crippen LogP contribution in [0.3, 0.4) is 0 Å². The van der Waals surface area contributed by atoms with E-state index in [-0.39, 0.29) is 23.9 Å². The molecule has 164 valence electrons. The Hall–Kier alpha value is -1.13. The summed E-state index contributed by atoms with van der Waals surface area (Å²) < 4.78 is 4.96. The molecule has 0 aromatic rings. The lowest BCUT2D eigenvalue weighted by molar-refractivity contribution is -0.137. The van der Waals surface area contributed by atoms with Crippen LogP contribution in [0.4, 0.5) is 0 Å². The van der Waals surface area contributed by atoms with Gasteiger partial charge in [-0.25, -0.2) is 0 Å². The fourth-order valence-corrected chi connectivity index (χ4v) is 6.48. The molecule has 3 aliphatic rings. The zero-order valence-electron chi connectivity index (χ0n) is 18.8. The molecule has 1 aliphatic heterocycles. The quantitative estimate of drug-likeness (QED) is 0.466. The number of aliphatic hydroxyl groups excluding tert-OH is 2. The Morgan fingerprint density at radius 1 is 1.31 bits per heavy atom.